The molecule has 0 aromatic rings. The third-order valence-electron chi connectivity index (χ3n) is 3.28. The van der Waals surface area contributed by atoms with Gasteiger partial charge in [-0.2, -0.15) is 11.8 Å². The summed E-state index contributed by atoms with van der Waals surface area (Å²) in [4.78, 5) is 36.5. The molecule has 94 valence electrons. The summed E-state index contributed by atoms with van der Waals surface area (Å²) < 4.78 is 0. The van der Waals surface area contributed by atoms with Gasteiger partial charge in [-0.1, -0.05) is 0 Å². The van der Waals surface area contributed by atoms with E-state index in [4.69, 9.17) is 0 Å². The molecule has 0 aromatic carbocycles. The van der Waals surface area contributed by atoms with Crippen molar-refractivity contribution in [2.45, 2.75) is 20.3 Å². The van der Waals surface area contributed by atoms with Crippen molar-refractivity contribution in [1.29, 1.82) is 0 Å². The number of carbonyl (C=O) groups is 3. The third-order valence-corrected chi connectivity index (χ3v) is 4.51. The molecule has 1 unspecified atom stereocenters. The van der Waals surface area contributed by atoms with Gasteiger partial charge in [0.2, 0.25) is 11.8 Å². The van der Waals surface area contributed by atoms with Gasteiger partial charge < -0.3 is 0 Å². The smallest absolute Gasteiger partial charge is 0.277 e. The topological polar surface area (TPSA) is 66.5 Å². The highest BCUT2D eigenvalue weighted by Gasteiger charge is 2.47. The maximum absolute atomic E-state index is 12.1. The maximum Gasteiger partial charge on any atom is 0.330 e. The summed E-state index contributed by atoms with van der Waals surface area (Å²) in [6.07, 6.45) is 1.02. The van der Waals surface area contributed by atoms with Crippen LogP contribution in [0.1, 0.15) is 20.3 Å². The number of hydrogen-bond acceptors (Lipinski definition) is 4. The van der Waals surface area contributed by atoms with Crippen molar-refractivity contribution >= 4 is 29.6 Å². The van der Waals surface area contributed by atoms with Gasteiger partial charge >= 0.3 is 6.03 Å². The highest BCUT2D eigenvalue weighted by molar-refractivity contribution is 7.99. The third kappa shape index (κ3) is 2.18. The van der Waals surface area contributed by atoms with E-state index in [1.165, 1.54) is 4.90 Å². The molecular weight excluding hydrogens is 240 g/mol. The second-order valence-electron chi connectivity index (χ2n) is 5.03. The minimum absolute atomic E-state index is 0.360. The summed E-state index contributed by atoms with van der Waals surface area (Å²) in [7, 11) is 0. The van der Waals surface area contributed by atoms with Crippen molar-refractivity contribution in [3.05, 3.63) is 0 Å². The number of thioether (sulfide) groups is 1. The largest absolute Gasteiger partial charge is 0.330 e. The molecule has 2 aliphatic rings. The molecule has 0 saturated carbocycles. The molecule has 2 fully saturated rings. The lowest BCUT2D eigenvalue weighted by molar-refractivity contribution is -0.149. The minimum Gasteiger partial charge on any atom is -0.277 e. The SMILES string of the molecule is CC1(C)C(=O)NC(=O)N(CC2CCSC2)C1=O. The number of urea groups is 1. The molecule has 2 saturated heterocycles. The lowest BCUT2D eigenvalue weighted by Crippen LogP contribution is -2.62. The Morgan fingerprint density at radius 1 is 1.41 bits per heavy atom. The summed E-state index contributed by atoms with van der Waals surface area (Å²) in [6.45, 7) is 3.52. The van der Waals surface area contributed by atoms with Crippen molar-refractivity contribution in [3.63, 3.8) is 0 Å². The fourth-order valence-corrected chi connectivity index (χ4v) is 3.27. The van der Waals surface area contributed by atoms with Gasteiger partial charge in [0.15, 0.2) is 0 Å². The number of barbiturate groups is 1. The molecule has 17 heavy (non-hydrogen) atoms. The van der Waals surface area contributed by atoms with Gasteiger partial charge in [-0.25, -0.2) is 4.79 Å². The van der Waals surface area contributed by atoms with Gasteiger partial charge in [0.25, 0.3) is 0 Å². The predicted octanol–water partition coefficient (Wildman–Crippen LogP) is 0.844. The van der Waals surface area contributed by atoms with Crippen molar-refractivity contribution in [1.82, 2.24) is 10.2 Å². The summed E-state index contributed by atoms with van der Waals surface area (Å²) >= 11 is 1.84. The molecule has 2 rings (SSSR count). The van der Waals surface area contributed by atoms with Crippen LogP contribution in [0.2, 0.25) is 0 Å². The Morgan fingerprint density at radius 3 is 2.71 bits per heavy atom. The first kappa shape index (κ1) is 12.4. The first-order chi connectivity index (χ1) is 7.93. The van der Waals surface area contributed by atoms with E-state index in [9.17, 15) is 14.4 Å². The van der Waals surface area contributed by atoms with Crippen molar-refractivity contribution < 1.29 is 14.4 Å². The average molecular weight is 256 g/mol. The maximum atomic E-state index is 12.1. The molecule has 0 radical (unpaired) electrons. The van der Waals surface area contributed by atoms with Crippen LogP contribution in [0, 0.1) is 11.3 Å². The quantitative estimate of drug-likeness (QED) is 0.744. The average Bonchev–Trinajstić information content (AvgIpc) is 2.75. The Balaban J connectivity index is 2.12. The van der Waals surface area contributed by atoms with Crippen LogP contribution in [0.25, 0.3) is 0 Å². The van der Waals surface area contributed by atoms with E-state index in [1.807, 2.05) is 11.8 Å². The number of imide groups is 2. The van der Waals surface area contributed by atoms with Crippen LogP contribution in [-0.2, 0) is 9.59 Å². The van der Waals surface area contributed by atoms with Gasteiger partial charge in [0.05, 0.1) is 0 Å². The molecular formula is C11H16N2O3S. The zero-order valence-corrected chi connectivity index (χ0v) is 10.8. The monoisotopic (exact) mass is 256 g/mol. The number of hydrogen-bond donors (Lipinski definition) is 1. The van der Waals surface area contributed by atoms with Gasteiger partial charge in [0.1, 0.15) is 5.41 Å². The van der Waals surface area contributed by atoms with Crippen LogP contribution in [0.4, 0.5) is 4.79 Å². The molecule has 0 bridgehead atoms. The van der Waals surface area contributed by atoms with Crippen LogP contribution >= 0.6 is 11.8 Å². The number of amides is 4. The fourth-order valence-electron chi connectivity index (χ4n) is 2.00. The van der Waals surface area contributed by atoms with Gasteiger partial charge in [-0.15, -0.1) is 0 Å². The van der Waals surface area contributed by atoms with E-state index in [2.05, 4.69) is 5.32 Å². The number of nitrogens with one attached hydrogen (secondary N) is 1. The summed E-state index contributed by atoms with van der Waals surface area (Å²) in [6, 6.07) is -0.573. The lowest BCUT2D eigenvalue weighted by atomic mass is 9.88. The van der Waals surface area contributed by atoms with Crippen LogP contribution in [0.15, 0.2) is 0 Å². The molecule has 5 nitrogen and oxygen atoms in total. The first-order valence-electron chi connectivity index (χ1n) is 5.68. The highest BCUT2D eigenvalue weighted by atomic mass is 32.2. The molecule has 0 spiro atoms. The fraction of sp³-hybridized carbons (Fsp3) is 0.727. The van der Waals surface area contributed by atoms with Crippen molar-refractivity contribution in [3.8, 4) is 0 Å². The summed E-state index contributed by atoms with van der Waals surface area (Å²) in [5, 5.41) is 2.24. The molecule has 1 atom stereocenters. The minimum atomic E-state index is -1.14. The number of nitrogens with zero attached hydrogens (tertiary/aromatic N) is 1. The Hall–Kier alpha value is -1.04. The molecule has 0 aliphatic carbocycles. The first-order valence-corrected chi connectivity index (χ1v) is 6.83. The van der Waals surface area contributed by atoms with Crippen LogP contribution in [-0.4, -0.2) is 40.8 Å². The number of rotatable bonds is 2. The normalized spacial score (nSPS) is 28.5. The van der Waals surface area contributed by atoms with Crippen molar-refractivity contribution in [2.24, 2.45) is 11.3 Å². The van der Waals surface area contributed by atoms with E-state index in [1.54, 1.807) is 13.8 Å². The van der Waals surface area contributed by atoms with Crippen LogP contribution < -0.4 is 5.32 Å². The van der Waals surface area contributed by atoms with Gasteiger partial charge in [-0.3, -0.25) is 19.8 Å². The molecule has 0 aromatic heterocycles. The number of carbonyl (C=O) groups excluding carboxylic acids is 3. The summed E-state index contributed by atoms with van der Waals surface area (Å²) in [5.74, 6) is 1.52. The Kier molecular flexibility index (Phi) is 3.16. The zero-order valence-electron chi connectivity index (χ0n) is 9.99. The highest BCUT2D eigenvalue weighted by Crippen LogP contribution is 2.28. The second-order valence-corrected chi connectivity index (χ2v) is 6.18. The molecule has 2 aliphatic heterocycles. The molecule has 4 amide bonds. The zero-order chi connectivity index (χ0) is 12.6. The van der Waals surface area contributed by atoms with E-state index in [-0.39, 0.29) is 5.91 Å². The summed E-state index contributed by atoms with van der Waals surface area (Å²) in [5.41, 5.74) is -1.14. The van der Waals surface area contributed by atoms with Gasteiger partial charge in [-0.05, 0) is 37.7 Å². The second kappa shape index (κ2) is 4.33. The predicted molar refractivity (Wildman–Crippen MR) is 64.5 cm³/mol. The van der Waals surface area contributed by atoms with Gasteiger partial charge in [0, 0.05) is 6.54 Å². The molecule has 6 heteroatoms. The lowest BCUT2D eigenvalue weighted by Gasteiger charge is -2.35. The Morgan fingerprint density at radius 2 is 2.12 bits per heavy atom. The molecule has 1 N–H and O–H groups in total. The van der Waals surface area contributed by atoms with Crippen LogP contribution in [0.3, 0.4) is 0 Å². The van der Waals surface area contributed by atoms with Crippen molar-refractivity contribution in [2.75, 3.05) is 18.1 Å². The van der Waals surface area contributed by atoms with E-state index in [0.717, 1.165) is 17.9 Å². The van der Waals surface area contributed by atoms with Crippen LogP contribution in [0.5, 0.6) is 0 Å². The Labute approximate surface area is 104 Å². The standard InChI is InChI=1S/C11H16N2O3S/c1-11(2)8(14)12-10(16)13(9(11)15)5-7-3-4-17-6-7/h7H,3-6H2,1-2H3,(H,12,14,16). The molecule has 2 heterocycles. The Bertz CT molecular complexity index is 375. The van der Waals surface area contributed by atoms with E-state index < -0.39 is 17.4 Å². The van der Waals surface area contributed by atoms with E-state index in [0.29, 0.717) is 12.5 Å². The van der Waals surface area contributed by atoms with E-state index >= 15 is 0 Å².